The molecule has 0 spiro atoms. The van der Waals surface area contributed by atoms with Crippen LogP contribution in [0.25, 0.3) is 0 Å². The zero-order chi connectivity index (χ0) is 21.4. The summed E-state index contributed by atoms with van der Waals surface area (Å²) in [4.78, 5) is 18.9. The Labute approximate surface area is 180 Å². The van der Waals surface area contributed by atoms with Crippen LogP contribution >= 0.6 is 0 Å². The number of piperidine rings is 1. The van der Waals surface area contributed by atoms with Crippen molar-refractivity contribution in [2.75, 3.05) is 26.7 Å². The van der Waals surface area contributed by atoms with E-state index in [2.05, 4.69) is 53.7 Å². The molecule has 3 rings (SSSR count). The summed E-state index contributed by atoms with van der Waals surface area (Å²) in [5, 5.41) is 6.79. The summed E-state index contributed by atoms with van der Waals surface area (Å²) in [5.74, 6) is 0.919. The number of aliphatic imine (C=N–C) groups is 1. The fraction of sp³-hybridized carbons (Fsp3) is 0.440. The number of carbonyl (C=O) groups is 1. The maximum absolute atomic E-state index is 12.6. The number of nitrogens with zero attached hydrogens (tertiary/aromatic N) is 2. The average Bonchev–Trinajstić information content (AvgIpc) is 2.80. The van der Waals surface area contributed by atoms with Crippen molar-refractivity contribution in [2.45, 2.75) is 45.1 Å². The van der Waals surface area contributed by atoms with Crippen LogP contribution in [0.3, 0.4) is 0 Å². The number of rotatable bonds is 6. The Morgan fingerprint density at radius 3 is 2.27 bits per heavy atom. The molecule has 0 aromatic heterocycles. The van der Waals surface area contributed by atoms with Gasteiger partial charge in [-0.1, -0.05) is 56.3 Å². The molecule has 0 radical (unpaired) electrons. The molecule has 1 fully saturated rings. The van der Waals surface area contributed by atoms with E-state index < -0.39 is 0 Å². The van der Waals surface area contributed by atoms with Crippen molar-refractivity contribution in [1.82, 2.24) is 15.5 Å². The van der Waals surface area contributed by atoms with Gasteiger partial charge in [0.25, 0.3) is 5.91 Å². The highest BCUT2D eigenvalue weighted by atomic mass is 16.2. The number of nitrogens with one attached hydrogen (secondary N) is 2. The van der Waals surface area contributed by atoms with Crippen LogP contribution in [-0.4, -0.2) is 43.4 Å². The molecular weight excluding hydrogens is 372 g/mol. The number of amides is 1. The van der Waals surface area contributed by atoms with E-state index in [-0.39, 0.29) is 11.3 Å². The van der Waals surface area contributed by atoms with Gasteiger partial charge in [-0.25, -0.2) is 0 Å². The van der Waals surface area contributed by atoms with Crippen molar-refractivity contribution in [3.8, 4) is 0 Å². The van der Waals surface area contributed by atoms with Gasteiger partial charge in [-0.05, 0) is 42.5 Å². The summed E-state index contributed by atoms with van der Waals surface area (Å²) in [5.41, 5.74) is 3.18. The average molecular weight is 407 g/mol. The topological polar surface area (TPSA) is 56.7 Å². The number of likely N-dealkylation sites (tertiary alicyclic amines) is 1. The van der Waals surface area contributed by atoms with E-state index in [0.717, 1.165) is 49.6 Å². The molecule has 0 bridgehead atoms. The lowest BCUT2D eigenvalue weighted by molar-refractivity contribution is 0.0724. The molecule has 0 aliphatic carbocycles. The maximum atomic E-state index is 12.6. The first-order valence-corrected chi connectivity index (χ1v) is 10.9. The van der Waals surface area contributed by atoms with Crippen LogP contribution in [0.4, 0.5) is 0 Å². The Morgan fingerprint density at radius 2 is 1.63 bits per heavy atom. The summed E-state index contributed by atoms with van der Waals surface area (Å²) in [7, 11) is 1.78. The molecule has 2 aromatic carbocycles. The summed E-state index contributed by atoms with van der Waals surface area (Å²) in [6, 6.07) is 18.4. The largest absolute Gasteiger partial charge is 0.356 e. The number of guanidine groups is 1. The third-order valence-corrected chi connectivity index (χ3v) is 5.78. The Balaban J connectivity index is 1.50. The van der Waals surface area contributed by atoms with Crippen LogP contribution in [0.1, 0.15) is 54.6 Å². The first kappa shape index (κ1) is 21.9. The molecule has 1 saturated heterocycles. The molecular formula is C25H34N4O. The molecule has 2 N–H and O–H groups in total. The summed E-state index contributed by atoms with van der Waals surface area (Å²) in [6.07, 6.45) is 3.45. The molecule has 0 atom stereocenters. The van der Waals surface area contributed by atoms with Gasteiger partial charge in [0, 0.05) is 44.2 Å². The molecule has 1 amide bonds. The molecule has 160 valence electrons. The van der Waals surface area contributed by atoms with Crippen LogP contribution in [0.5, 0.6) is 0 Å². The van der Waals surface area contributed by atoms with Gasteiger partial charge >= 0.3 is 0 Å². The second-order valence-corrected chi connectivity index (χ2v) is 8.58. The van der Waals surface area contributed by atoms with E-state index in [1.165, 1.54) is 12.0 Å². The molecule has 5 heteroatoms. The van der Waals surface area contributed by atoms with Crippen LogP contribution in [0.15, 0.2) is 59.6 Å². The third-order valence-electron chi connectivity index (χ3n) is 5.78. The van der Waals surface area contributed by atoms with Gasteiger partial charge in [0.05, 0.1) is 0 Å². The van der Waals surface area contributed by atoms with E-state index >= 15 is 0 Å². The second-order valence-electron chi connectivity index (χ2n) is 8.58. The predicted octanol–water partition coefficient (Wildman–Crippen LogP) is 3.96. The van der Waals surface area contributed by atoms with Gasteiger partial charge in [-0.3, -0.25) is 9.79 Å². The first-order valence-electron chi connectivity index (χ1n) is 10.9. The molecule has 1 aliphatic heterocycles. The zero-order valence-corrected chi connectivity index (χ0v) is 18.4. The Kier molecular flexibility index (Phi) is 7.50. The lowest BCUT2D eigenvalue weighted by Gasteiger charge is -2.27. The molecule has 5 nitrogen and oxygen atoms in total. The highest BCUT2D eigenvalue weighted by Crippen LogP contribution is 2.21. The maximum Gasteiger partial charge on any atom is 0.253 e. The van der Waals surface area contributed by atoms with Crippen molar-refractivity contribution in [1.29, 1.82) is 0 Å². The molecule has 30 heavy (non-hydrogen) atoms. The van der Waals surface area contributed by atoms with Gasteiger partial charge < -0.3 is 15.5 Å². The van der Waals surface area contributed by atoms with Crippen LogP contribution < -0.4 is 10.6 Å². The molecule has 1 aliphatic rings. The summed E-state index contributed by atoms with van der Waals surface area (Å²) in [6.45, 7) is 7.64. The van der Waals surface area contributed by atoms with Crippen LogP contribution in [0.2, 0.25) is 0 Å². The standard InChI is InChI=1S/C25H34N4O/c1-25(2,22-10-6-4-7-11-22)19-28-24(26-3)27-18-20-12-14-21(15-13-20)23(30)29-16-8-5-9-17-29/h4,6-7,10-15H,5,8-9,16-19H2,1-3H3,(H2,26,27,28). The van der Waals surface area contributed by atoms with Gasteiger partial charge in [0.2, 0.25) is 0 Å². The van der Waals surface area contributed by atoms with Gasteiger partial charge in [0.15, 0.2) is 5.96 Å². The molecule has 1 heterocycles. The Bertz CT molecular complexity index is 837. The highest BCUT2D eigenvalue weighted by molar-refractivity contribution is 5.94. The normalized spacial score (nSPS) is 15.0. The summed E-state index contributed by atoms with van der Waals surface area (Å²) >= 11 is 0. The molecule has 0 saturated carbocycles. The van der Waals surface area contributed by atoms with Gasteiger partial charge in [-0.15, -0.1) is 0 Å². The van der Waals surface area contributed by atoms with E-state index in [0.29, 0.717) is 6.54 Å². The SMILES string of the molecule is CN=C(NCc1ccc(C(=O)N2CCCCC2)cc1)NCC(C)(C)c1ccccc1. The van der Waals surface area contributed by atoms with Crippen molar-refractivity contribution >= 4 is 11.9 Å². The van der Waals surface area contributed by atoms with Crippen LogP contribution in [0, 0.1) is 0 Å². The lowest BCUT2D eigenvalue weighted by Crippen LogP contribution is -2.43. The monoisotopic (exact) mass is 406 g/mol. The molecule has 0 unspecified atom stereocenters. The van der Waals surface area contributed by atoms with E-state index in [1.54, 1.807) is 7.05 Å². The fourth-order valence-electron chi connectivity index (χ4n) is 3.75. The fourth-order valence-corrected chi connectivity index (χ4v) is 3.75. The van der Waals surface area contributed by atoms with Gasteiger partial charge in [0.1, 0.15) is 0 Å². The summed E-state index contributed by atoms with van der Waals surface area (Å²) < 4.78 is 0. The lowest BCUT2D eigenvalue weighted by atomic mass is 9.85. The zero-order valence-electron chi connectivity index (χ0n) is 18.4. The van der Waals surface area contributed by atoms with E-state index in [4.69, 9.17) is 0 Å². The minimum Gasteiger partial charge on any atom is -0.356 e. The second kappa shape index (κ2) is 10.3. The number of carbonyl (C=O) groups excluding carboxylic acids is 1. The Morgan fingerprint density at radius 1 is 0.967 bits per heavy atom. The van der Waals surface area contributed by atoms with E-state index in [9.17, 15) is 4.79 Å². The Hall–Kier alpha value is -2.82. The quantitative estimate of drug-likeness (QED) is 0.564. The van der Waals surface area contributed by atoms with Crippen molar-refractivity contribution in [3.63, 3.8) is 0 Å². The number of benzene rings is 2. The number of hydrogen-bond acceptors (Lipinski definition) is 2. The third kappa shape index (κ3) is 5.85. The minimum absolute atomic E-state index is 0.00462. The van der Waals surface area contributed by atoms with Crippen molar-refractivity contribution in [2.24, 2.45) is 4.99 Å². The smallest absolute Gasteiger partial charge is 0.253 e. The molecule has 2 aromatic rings. The number of hydrogen-bond donors (Lipinski definition) is 2. The first-order chi connectivity index (χ1) is 14.5. The van der Waals surface area contributed by atoms with Crippen LogP contribution in [-0.2, 0) is 12.0 Å². The predicted molar refractivity (Wildman–Crippen MR) is 124 cm³/mol. The minimum atomic E-state index is -0.00462. The van der Waals surface area contributed by atoms with Gasteiger partial charge in [-0.2, -0.15) is 0 Å². The highest BCUT2D eigenvalue weighted by Gasteiger charge is 2.21. The van der Waals surface area contributed by atoms with Crippen molar-refractivity contribution in [3.05, 3.63) is 71.3 Å². The van der Waals surface area contributed by atoms with Crippen molar-refractivity contribution < 1.29 is 4.79 Å². The van der Waals surface area contributed by atoms with E-state index in [1.807, 2.05) is 35.2 Å².